The van der Waals surface area contributed by atoms with Crippen LogP contribution in [0, 0.1) is 18.6 Å². The lowest BCUT2D eigenvalue weighted by Gasteiger charge is -2.08. The van der Waals surface area contributed by atoms with E-state index in [1.165, 1.54) is 6.20 Å². The predicted molar refractivity (Wildman–Crippen MR) is 91.5 cm³/mol. The Bertz CT molecular complexity index is 1020. The highest BCUT2D eigenvalue weighted by molar-refractivity contribution is 5.90. The zero-order chi connectivity index (χ0) is 18.7. The zero-order valence-electron chi connectivity index (χ0n) is 13.7. The van der Waals surface area contributed by atoms with Crippen LogP contribution in [-0.2, 0) is 11.3 Å². The van der Waals surface area contributed by atoms with Gasteiger partial charge in [0, 0.05) is 11.6 Å². The summed E-state index contributed by atoms with van der Waals surface area (Å²) in [5.74, 6) is -2.21. The van der Waals surface area contributed by atoms with Gasteiger partial charge in [-0.3, -0.25) is 4.79 Å². The molecule has 0 radical (unpaired) electrons. The van der Waals surface area contributed by atoms with Gasteiger partial charge >= 0.3 is 5.69 Å². The fourth-order valence-electron chi connectivity index (χ4n) is 2.25. The maximum atomic E-state index is 13.5. The molecule has 0 aliphatic rings. The number of carbonyl (C=O) groups is 1. The highest BCUT2D eigenvalue weighted by atomic mass is 19.1. The molecule has 0 aliphatic carbocycles. The van der Waals surface area contributed by atoms with E-state index in [4.69, 9.17) is 0 Å². The number of nitrogens with one attached hydrogen (secondary N) is 1. The minimum absolute atomic E-state index is 0.313. The second kappa shape index (κ2) is 7.22. The zero-order valence-corrected chi connectivity index (χ0v) is 13.7. The summed E-state index contributed by atoms with van der Waals surface area (Å²) in [7, 11) is 0. The van der Waals surface area contributed by atoms with E-state index in [2.05, 4.69) is 15.4 Å². The number of halogens is 2. The van der Waals surface area contributed by atoms with Gasteiger partial charge in [0.25, 0.3) is 0 Å². The second-order valence-electron chi connectivity index (χ2n) is 5.62. The Morgan fingerprint density at radius 1 is 1.15 bits per heavy atom. The van der Waals surface area contributed by atoms with Crippen LogP contribution in [0.1, 0.15) is 5.56 Å². The van der Waals surface area contributed by atoms with Gasteiger partial charge in [0.05, 0.1) is 17.6 Å². The monoisotopic (exact) mass is 356 g/mol. The Balaban J connectivity index is 1.75. The lowest BCUT2D eigenvalue weighted by Crippen LogP contribution is -2.31. The molecule has 1 N–H and O–H groups in total. The van der Waals surface area contributed by atoms with Gasteiger partial charge in [-0.05, 0) is 19.1 Å². The van der Waals surface area contributed by atoms with E-state index >= 15 is 0 Å². The van der Waals surface area contributed by atoms with E-state index in [9.17, 15) is 18.4 Å². The number of carbonyl (C=O) groups excluding carboxylic acids is 1. The summed E-state index contributed by atoms with van der Waals surface area (Å²) in [5.41, 5.74) is 1.13. The molecule has 0 aliphatic heterocycles. The van der Waals surface area contributed by atoms with E-state index in [1.807, 2.05) is 31.2 Å². The lowest BCUT2D eigenvalue weighted by atomic mass is 10.1. The first-order chi connectivity index (χ1) is 12.4. The molecule has 0 bridgehead atoms. The molecular formula is C18H14F2N4O2. The molecule has 0 saturated heterocycles. The van der Waals surface area contributed by atoms with Crippen molar-refractivity contribution in [3.8, 4) is 11.3 Å². The van der Waals surface area contributed by atoms with Crippen molar-refractivity contribution in [1.82, 2.24) is 14.8 Å². The quantitative estimate of drug-likeness (QED) is 0.779. The first-order valence-corrected chi connectivity index (χ1v) is 7.68. The van der Waals surface area contributed by atoms with Gasteiger partial charge in [0.2, 0.25) is 5.91 Å². The highest BCUT2D eigenvalue weighted by Crippen LogP contribution is 2.16. The van der Waals surface area contributed by atoms with Crippen LogP contribution in [0.25, 0.3) is 11.3 Å². The molecule has 0 fully saturated rings. The van der Waals surface area contributed by atoms with Crippen LogP contribution >= 0.6 is 0 Å². The summed E-state index contributed by atoms with van der Waals surface area (Å²) >= 11 is 0. The molecule has 8 heteroatoms. The molecule has 0 atom stereocenters. The summed E-state index contributed by atoms with van der Waals surface area (Å²) in [6.07, 6.45) is 1.36. The van der Waals surface area contributed by atoms with E-state index in [0.29, 0.717) is 5.69 Å². The lowest BCUT2D eigenvalue weighted by molar-refractivity contribution is -0.117. The maximum absolute atomic E-state index is 13.5. The highest BCUT2D eigenvalue weighted by Gasteiger charge is 2.11. The van der Waals surface area contributed by atoms with E-state index < -0.39 is 29.8 Å². The van der Waals surface area contributed by atoms with E-state index in [1.54, 1.807) is 0 Å². The van der Waals surface area contributed by atoms with Crippen LogP contribution in [0.3, 0.4) is 0 Å². The molecule has 0 spiro atoms. The topological polar surface area (TPSA) is 76.9 Å². The molecule has 26 heavy (non-hydrogen) atoms. The average molecular weight is 356 g/mol. The smallest absolute Gasteiger partial charge is 0.322 e. The third-order valence-electron chi connectivity index (χ3n) is 3.60. The number of aryl methyl sites for hydroxylation is 1. The van der Waals surface area contributed by atoms with Crippen LogP contribution < -0.4 is 11.0 Å². The number of hydrogen-bond acceptors (Lipinski definition) is 4. The van der Waals surface area contributed by atoms with Crippen molar-refractivity contribution in [2.75, 3.05) is 5.32 Å². The van der Waals surface area contributed by atoms with Gasteiger partial charge in [0.1, 0.15) is 18.2 Å². The van der Waals surface area contributed by atoms with Crippen LogP contribution in [0.15, 0.2) is 53.5 Å². The fraction of sp³-hybridized carbons (Fsp3) is 0.111. The maximum Gasteiger partial charge on any atom is 0.365 e. The van der Waals surface area contributed by atoms with Crippen molar-refractivity contribution < 1.29 is 13.6 Å². The summed E-state index contributed by atoms with van der Waals surface area (Å²) in [4.78, 5) is 27.9. The van der Waals surface area contributed by atoms with Gasteiger partial charge in [-0.25, -0.2) is 18.3 Å². The average Bonchev–Trinajstić information content (AvgIpc) is 2.60. The van der Waals surface area contributed by atoms with Gasteiger partial charge < -0.3 is 5.32 Å². The summed E-state index contributed by atoms with van der Waals surface area (Å²) in [6.45, 7) is 1.46. The molecule has 0 unspecified atom stereocenters. The largest absolute Gasteiger partial charge is 0.365 e. The third kappa shape index (κ3) is 3.97. The molecule has 6 nitrogen and oxygen atoms in total. The van der Waals surface area contributed by atoms with Crippen molar-refractivity contribution in [1.29, 1.82) is 0 Å². The molecule has 1 aromatic heterocycles. The van der Waals surface area contributed by atoms with Crippen molar-refractivity contribution >= 4 is 11.6 Å². The van der Waals surface area contributed by atoms with Crippen molar-refractivity contribution in [3.63, 3.8) is 0 Å². The number of rotatable bonds is 4. The number of anilines is 1. The fourth-order valence-corrected chi connectivity index (χ4v) is 2.25. The minimum Gasteiger partial charge on any atom is -0.322 e. The molecule has 1 amide bonds. The Morgan fingerprint density at radius 2 is 1.88 bits per heavy atom. The van der Waals surface area contributed by atoms with Crippen molar-refractivity contribution in [3.05, 3.63) is 76.3 Å². The molecule has 132 valence electrons. The molecule has 3 aromatic rings. The minimum atomic E-state index is -0.784. The number of hydrogen-bond donors (Lipinski definition) is 1. The first kappa shape index (κ1) is 17.4. The predicted octanol–water partition coefficient (Wildman–Crippen LogP) is 2.53. The van der Waals surface area contributed by atoms with Crippen LogP contribution in [0.4, 0.5) is 14.5 Å². The Hall–Kier alpha value is -3.42. The standard InChI is InChI=1S/C18H14F2N4O2/c1-11-2-4-12(5-3-11)16-9-21-24(18(26)23-16)10-17(25)22-15-8-13(19)6-7-14(15)20/h2-9H,10H2,1H3,(H,22,25). The summed E-state index contributed by atoms with van der Waals surface area (Å²) < 4.78 is 27.5. The number of benzene rings is 2. The molecular weight excluding hydrogens is 342 g/mol. The van der Waals surface area contributed by atoms with Gasteiger partial charge in [-0.1, -0.05) is 29.8 Å². The van der Waals surface area contributed by atoms with Crippen molar-refractivity contribution in [2.45, 2.75) is 13.5 Å². The first-order valence-electron chi connectivity index (χ1n) is 7.68. The van der Waals surface area contributed by atoms with Gasteiger partial charge in [-0.2, -0.15) is 10.1 Å². The number of nitrogens with zero attached hydrogens (tertiary/aromatic N) is 3. The molecule has 0 saturated carbocycles. The summed E-state index contributed by atoms with van der Waals surface area (Å²) in [5, 5.41) is 6.11. The van der Waals surface area contributed by atoms with Gasteiger partial charge in [0.15, 0.2) is 0 Å². The Labute approximate surface area is 147 Å². The molecule has 3 rings (SSSR count). The Kier molecular flexibility index (Phi) is 4.83. The van der Waals surface area contributed by atoms with Crippen LogP contribution in [0.5, 0.6) is 0 Å². The Morgan fingerprint density at radius 3 is 2.58 bits per heavy atom. The molecule has 2 aromatic carbocycles. The van der Waals surface area contributed by atoms with Crippen molar-refractivity contribution in [2.24, 2.45) is 0 Å². The molecule has 1 heterocycles. The van der Waals surface area contributed by atoms with Crippen LogP contribution in [-0.4, -0.2) is 20.7 Å². The number of aromatic nitrogens is 3. The summed E-state index contributed by atoms with van der Waals surface area (Å²) in [6, 6.07) is 10.1. The number of amides is 1. The van der Waals surface area contributed by atoms with Gasteiger partial charge in [-0.15, -0.1) is 0 Å². The normalized spacial score (nSPS) is 10.6. The second-order valence-corrected chi connectivity index (χ2v) is 5.62. The van der Waals surface area contributed by atoms with Crippen LogP contribution in [0.2, 0.25) is 0 Å². The van der Waals surface area contributed by atoms with E-state index in [0.717, 1.165) is 34.0 Å². The van der Waals surface area contributed by atoms with E-state index in [-0.39, 0.29) is 5.69 Å². The third-order valence-corrected chi connectivity index (χ3v) is 3.60. The SMILES string of the molecule is Cc1ccc(-c2cnn(CC(=O)Nc3cc(F)ccc3F)c(=O)n2)cc1.